The fourth-order valence-electron chi connectivity index (χ4n) is 1.73. The predicted molar refractivity (Wildman–Crippen MR) is 81.9 cm³/mol. The molecule has 4 nitrogen and oxygen atoms in total. The maximum absolute atomic E-state index is 11.8. The molecule has 2 N–H and O–H groups in total. The van der Waals surface area contributed by atoms with Gasteiger partial charge in [-0.3, -0.25) is 4.79 Å². The van der Waals surface area contributed by atoms with E-state index in [0.717, 1.165) is 9.13 Å². The molecule has 0 fully saturated rings. The molecule has 0 aliphatic rings. The van der Waals surface area contributed by atoms with E-state index >= 15 is 0 Å². The molecule has 0 radical (unpaired) electrons. The second-order valence-electron chi connectivity index (χ2n) is 4.89. The van der Waals surface area contributed by atoms with Crippen LogP contribution < -0.4 is 5.32 Å². The molecule has 19 heavy (non-hydrogen) atoms. The van der Waals surface area contributed by atoms with Crippen LogP contribution >= 0.6 is 22.6 Å². The largest absolute Gasteiger partial charge is 0.480 e. The molecular formula is C14H18INO3. The lowest BCUT2D eigenvalue weighted by atomic mass is 10.0. The van der Waals surface area contributed by atoms with Crippen LogP contribution in [0, 0.1) is 9.49 Å². The van der Waals surface area contributed by atoms with Gasteiger partial charge in [0.05, 0.1) is 6.42 Å². The van der Waals surface area contributed by atoms with E-state index in [4.69, 9.17) is 5.11 Å². The molecule has 1 rings (SSSR count). The summed E-state index contributed by atoms with van der Waals surface area (Å²) >= 11 is 2.19. The summed E-state index contributed by atoms with van der Waals surface area (Å²) in [4.78, 5) is 22.9. The van der Waals surface area contributed by atoms with Gasteiger partial charge >= 0.3 is 5.97 Å². The van der Waals surface area contributed by atoms with Gasteiger partial charge in [0.2, 0.25) is 5.91 Å². The number of halogens is 1. The Morgan fingerprint density at radius 1 is 1.26 bits per heavy atom. The highest BCUT2D eigenvalue weighted by molar-refractivity contribution is 14.1. The fourth-order valence-corrected chi connectivity index (χ4v) is 2.09. The number of benzene rings is 1. The van der Waals surface area contributed by atoms with Crippen LogP contribution in [-0.2, 0) is 16.0 Å². The molecule has 104 valence electrons. The van der Waals surface area contributed by atoms with Crippen molar-refractivity contribution in [2.75, 3.05) is 0 Å². The monoisotopic (exact) mass is 375 g/mol. The summed E-state index contributed by atoms with van der Waals surface area (Å²) in [5, 5.41) is 11.6. The lowest BCUT2D eigenvalue weighted by molar-refractivity contribution is -0.142. The molecule has 1 aromatic carbocycles. The van der Waals surface area contributed by atoms with Crippen molar-refractivity contribution in [2.45, 2.75) is 32.7 Å². The maximum Gasteiger partial charge on any atom is 0.326 e. The van der Waals surface area contributed by atoms with Crippen LogP contribution in [0.2, 0.25) is 0 Å². The van der Waals surface area contributed by atoms with Crippen LogP contribution in [0.25, 0.3) is 0 Å². The molecule has 5 heteroatoms. The summed E-state index contributed by atoms with van der Waals surface area (Å²) in [7, 11) is 0. The summed E-state index contributed by atoms with van der Waals surface area (Å²) in [5.41, 5.74) is 0.881. The summed E-state index contributed by atoms with van der Waals surface area (Å²) < 4.78 is 1.10. The number of rotatable bonds is 6. The van der Waals surface area contributed by atoms with Crippen LogP contribution in [0.4, 0.5) is 0 Å². The van der Waals surface area contributed by atoms with Gasteiger partial charge < -0.3 is 10.4 Å². The van der Waals surface area contributed by atoms with Crippen LogP contribution in [-0.4, -0.2) is 23.0 Å². The average Bonchev–Trinajstić information content (AvgIpc) is 2.30. The van der Waals surface area contributed by atoms with Crippen LogP contribution in [0.3, 0.4) is 0 Å². The Morgan fingerprint density at radius 2 is 1.84 bits per heavy atom. The molecule has 1 atom stereocenters. The molecule has 0 aliphatic carbocycles. The van der Waals surface area contributed by atoms with Crippen LogP contribution in [0.5, 0.6) is 0 Å². The molecule has 0 saturated heterocycles. The van der Waals surface area contributed by atoms with E-state index in [1.165, 1.54) is 0 Å². The highest BCUT2D eigenvalue weighted by Crippen LogP contribution is 2.08. The third-order valence-corrected chi connectivity index (χ3v) is 3.34. The third-order valence-electron chi connectivity index (χ3n) is 2.62. The van der Waals surface area contributed by atoms with Crippen molar-refractivity contribution < 1.29 is 14.7 Å². The highest BCUT2D eigenvalue weighted by atomic mass is 127. The second-order valence-corrected chi connectivity index (χ2v) is 6.14. The molecule has 0 aliphatic heterocycles. The number of carbonyl (C=O) groups excluding carboxylic acids is 1. The van der Waals surface area contributed by atoms with Gasteiger partial charge in [-0.25, -0.2) is 4.79 Å². The Bertz CT molecular complexity index is 443. The molecule has 0 unspecified atom stereocenters. The standard InChI is InChI=1S/C14H18INO3/c1-9(2)7-12(14(18)19)16-13(17)8-10-3-5-11(15)6-4-10/h3-6,9,12H,7-8H2,1-2H3,(H,16,17)(H,18,19)/t12-/m1/s1. The first kappa shape index (κ1) is 15.9. The number of carboxylic acid groups (broad SMARTS) is 1. The van der Waals surface area contributed by atoms with Gasteiger partial charge in [0.15, 0.2) is 0 Å². The molecule has 0 saturated carbocycles. The number of nitrogens with one attached hydrogen (secondary N) is 1. The second kappa shape index (κ2) is 7.47. The molecule has 0 aromatic heterocycles. The van der Waals surface area contributed by atoms with Crippen molar-refractivity contribution in [1.29, 1.82) is 0 Å². The van der Waals surface area contributed by atoms with Crippen LogP contribution in [0.1, 0.15) is 25.8 Å². The normalized spacial score (nSPS) is 12.2. The Labute approximate surface area is 126 Å². The quantitative estimate of drug-likeness (QED) is 0.751. The number of hydrogen-bond acceptors (Lipinski definition) is 2. The number of hydrogen-bond donors (Lipinski definition) is 2. The molecular weight excluding hydrogens is 357 g/mol. The SMILES string of the molecule is CC(C)C[C@@H](NC(=O)Cc1ccc(I)cc1)C(=O)O. The first-order chi connectivity index (χ1) is 8.88. The van der Waals surface area contributed by atoms with Gasteiger partial charge in [-0.2, -0.15) is 0 Å². The van der Waals surface area contributed by atoms with E-state index in [2.05, 4.69) is 27.9 Å². The third kappa shape index (κ3) is 6.04. The minimum atomic E-state index is -0.982. The minimum Gasteiger partial charge on any atom is -0.480 e. The van der Waals surface area contributed by atoms with Crippen LogP contribution in [0.15, 0.2) is 24.3 Å². The zero-order valence-electron chi connectivity index (χ0n) is 11.0. The summed E-state index contributed by atoms with van der Waals surface area (Å²) in [6, 6.07) is 6.79. The lowest BCUT2D eigenvalue weighted by Gasteiger charge is -2.16. The van der Waals surface area contributed by atoms with Crippen molar-refractivity contribution in [3.05, 3.63) is 33.4 Å². The van der Waals surface area contributed by atoms with Gasteiger partial charge in [-0.15, -0.1) is 0 Å². The van der Waals surface area contributed by atoms with E-state index < -0.39 is 12.0 Å². The number of amides is 1. The van der Waals surface area contributed by atoms with Gasteiger partial charge in [0, 0.05) is 3.57 Å². The Balaban J connectivity index is 2.57. The van der Waals surface area contributed by atoms with Gasteiger partial charge in [0.25, 0.3) is 0 Å². The molecule has 1 amide bonds. The van der Waals surface area contributed by atoms with E-state index in [-0.39, 0.29) is 18.2 Å². The first-order valence-electron chi connectivity index (χ1n) is 6.15. The van der Waals surface area contributed by atoms with Crippen molar-refractivity contribution in [3.63, 3.8) is 0 Å². The van der Waals surface area contributed by atoms with Crippen molar-refractivity contribution >= 4 is 34.5 Å². The zero-order valence-corrected chi connectivity index (χ0v) is 13.2. The number of aliphatic carboxylic acids is 1. The maximum atomic E-state index is 11.8. The Morgan fingerprint density at radius 3 is 2.32 bits per heavy atom. The van der Waals surface area contributed by atoms with E-state index in [1.807, 2.05) is 38.1 Å². The van der Waals surface area contributed by atoms with Crippen molar-refractivity contribution in [2.24, 2.45) is 5.92 Å². The molecule has 0 heterocycles. The average molecular weight is 375 g/mol. The number of carbonyl (C=O) groups is 2. The van der Waals surface area contributed by atoms with Gasteiger partial charge in [-0.05, 0) is 52.6 Å². The lowest BCUT2D eigenvalue weighted by Crippen LogP contribution is -2.42. The Kier molecular flexibility index (Phi) is 6.27. The van der Waals surface area contributed by atoms with E-state index in [9.17, 15) is 9.59 Å². The van der Waals surface area contributed by atoms with E-state index in [0.29, 0.717) is 6.42 Å². The van der Waals surface area contributed by atoms with Gasteiger partial charge in [-0.1, -0.05) is 26.0 Å². The van der Waals surface area contributed by atoms with Gasteiger partial charge in [0.1, 0.15) is 6.04 Å². The van der Waals surface area contributed by atoms with E-state index in [1.54, 1.807) is 0 Å². The smallest absolute Gasteiger partial charge is 0.326 e. The highest BCUT2D eigenvalue weighted by Gasteiger charge is 2.20. The zero-order chi connectivity index (χ0) is 14.4. The Hall–Kier alpha value is -1.11. The molecule has 0 spiro atoms. The summed E-state index contributed by atoms with van der Waals surface area (Å²) in [6.07, 6.45) is 0.645. The molecule has 1 aromatic rings. The predicted octanol–water partition coefficient (Wildman–Crippen LogP) is 2.45. The fraction of sp³-hybridized carbons (Fsp3) is 0.429. The van der Waals surface area contributed by atoms with Crippen molar-refractivity contribution in [1.82, 2.24) is 5.32 Å². The number of carboxylic acids is 1. The summed E-state index contributed by atoms with van der Waals surface area (Å²) in [5.74, 6) is -1.02. The molecule has 0 bridgehead atoms. The van der Waals surface area contributed by atoms with Crippen molar-refractivity contribution in [3.8, 4) is 0 Å². The summed E-state index contributed by atoms with van der Waals surface area (Å²) in [6.45, 7) is 3.86. The topological polar surface area (TPSA) is 66.4 Å². The first-order valence-corrected chi connectivity index (χ1v) is 7.23. The minimum absolute atomic E-state index is 0.207.